The lowest BCUT2D eigenvalue weighted by Crippen LogP contribution is -2.44. The van der Waals surface area contributed by atoms with E-state index in [0.717, 1.165) is 43.9 Å². The van der Waals surface area contributed by atoms with Crippen LogP contribution in [0.4, 0.5) is 11.4 Å². The van der Waals surface area contributed by atoms with Crippen molar-refractivity contribution in [2.75, 3.05) is 43.9 Å². The molecule has 0 amide bonds. The smallest absolute Gasteiger partial charge is 0.336 e. The molecule has 1 fully saturated rings. The summed E-state index contributed by atoms with van der Waals surface area (Å²) in [6.45, 7) is 3.79. The summed E-state index contributed by atoms with van der Waals surface area (Å²) in [6, 6.07) is 13.6. The fourth-order valence-corrected chi connectivity index (χ4v) is 3.36. The van der Waals surface area contributed by atoms with Gasteiger partial charge < -0.3 is 20.6 Å². The number of hydrogen-bond donors (Lipinski definition) is 2. The third-order valence-electron chi connectivity index (χ3n) is 4.91. The Morgan fingerprint density at radius 1 is 1.04 bits per heavy atom. The Balaban J connectivity index is 1.88. The lowest BCUT2D eigenvalue weighted by molar-refractivity contribution is 0.0695. The second kappa shape index (κ2) is 7.57. The van der Waals surface area contributed by atoms with E-state index in [1.807, 2.05) is 24.3 Å². The van der Waals surface area contributed by atoms with Gasteiger partial charge >= 0.3 is 5.97 Å². The van der Waals surface area contributed by atoms with E-state index in [1.165, 1.54) is 5.56 Å². The third-order valence-corrected chi connectivity index (χ3v) is 4.91. The minimum Gasteiger partial charge on any atom is -0.478 e. The van der Waals surface area contributed by atoms with Crippen molar-refractivity contribution >= 4 is 17.3 Å². The highest BCUT2D eigenvalue weighted by Crippen LogP contribution is 2.31. The van der Waals surface area contributed by atoms with Gasteiger partial charge in [-0.05, 0) is 43.1 Å². The number of nitrogens with zero attached hydrogens (tertiary/aromatic N) is 2. The van der Waals surface area contributed by atoms with Gasteiger partial charge in [0.05, 0.1) is 16.9 Å². The Bertz CT molecular complexity index is 738. The molecule has 0 radical (unpaired) electrons. The molecular weight excluding hydrogens is 314 g/mol. The fourth-order valence-electron chi connectivity index (χ4n) is 3.36. The molecule has 3 N–H and O–H groups in total. The minimum absolute atomic E-state index is 0.311. The van der Waals surface area contributed by atoms with Crippen LogP contribution >= 0.6 is 0 Å². The van der Waals surface area contributed by atoms with Gasteiger partial charge in [-0.25, -0.2) is 4.79 Å². The number of aryl methyl sites for hydroxylation is 1. The average Bonchev–Trinajstić information content (AvgIpc) is 2.62. The van der Waals surface area contributed by atoms with Crippen LogP contribution < -0.4 is 10.6 Å². The molecule has 5 heteroatoms. The highest BCUT2D eigenvalue weighted by molar-refractivity contribution is 5.93. The van der Waals surface area contributed by atoms with Crippen LogP contribution in [0.1, 0.15) is 21.5 Å². The zero-order valence-electron chi connectivity index (χ0n) is 14.6. The number of nitrogen functional groups attached to an aromatic ring is 1. The van der Waals surface area contributed by atoms with E-state index in [0.29, 0.717) is 17.7 Å². The monoisotopic (exact) mass is 339 g/mol. The maximum atomic E-state index is 11.6. The molecule has 0 spiro atoms. The van der Waals surface area contributed by atoms with Crippen LogP contribution in [-0.4, -0.2) is 49.2 Å². The molecule has 0 aliphatic carbocycles. The number of carboxylic acids is 1. The summed E-state index contributed by atoms with van der Waals surface area (Å²) in [5.74, 6) is -0.917. The number of carbonyl (C=O) groups is 1. The molecule has 3 rings (SSSR count). The van der Waals surface area contributed by atoms with Crippen molar-refractivity contribution in [1.29, 1.82) is 0 Å². The number of benzene rings is 2. The number of carboxylic acid groups (broad SMARTS) is 1. The summed E-state index contributed by atoms with van der Waals surface area (Å²) in [5, 5.41) is 9.55. The fraction of sp³-hybridized carbons (Fsp3) is 0.350. The largest absolute Gasteiger partial charge is 0.478 e. The summed E-state index contributed by atoms with van der Waals surface area (Å²) in [6.07, 6.45) is 1.40. The zero-order valence-corrected chi connectivity index (χ0v) is 14.6. The van der Waals surface area contributed by atoms with Crippen LogP contribution in [0.15, 0.2) is 42.5 Å². The molecule has 1 heterocycles. The van der Waals surface area contributed by atoms with Gasteiger partial charge in [0.1, 0.15) is 0 Å². The first-order valence-corrected chi connectivity index (χ1v) is 8.68. The number of piperazine rings is 1. The Kier molecular flexibility index (Phi) is 5.24. The minimum atomic E-state index is -0.917. The van der Waals surface area contributed by atoms with Gasteiger partial charge in [-0.15, -0.1) is 0 Å². The summed E-state index contributed by atoms with van der Waals surface area (Å²) in [7, 11) is 2.11. The van der Waals surface area contributed by atoms with Gasteiger partial charge in [0.15, 0.2) is 0 Å². The molecule has 132 valence electrons. The van der Waals surface area contributed by atoms with Crippen molar-refractivity contribution in [1.82, 2.24) is 4.90 Å². The lowest BCUT2D eigenvalue weighted by Gasteiger charge is -2.35. The Morgan fingerprint density at radius 3 is 2.36 bits per heavy atom. The summed E-state index contributed by atoms with van der Waals surface area (Å²) < 4.78 is 0. The second-order valence-corrected chi connectivity index (χ2v) is 6.61. The first-order chi connectivity index (χ1) is 12.1. The molecule has 2 aromatic carbocycles. The van der Waals surface area contributed by atoms with Crippen LogP contribution in [-0.2, 0) is 12.8 Å². The van der Waals surface area contributed by atoms with Crippen LogP contribution in [0.2, 0.25) is 0 Å². The lowest BCUT2D eigenvalue weighted by atomic mass is 9.96. The molecule has 0 saturated carbocycles. The van der Waals surface area contributed by atoms with Crippen molar-refractivity contribution in [2.45, 2.75) is 12.8 Å². The average molecular weight is 339 g/mol. The van der Waals surface area contributed by atoms with E-state index in [4.69, 9.17) is 5.73 Å². The van der Waals surface area contributed by atoms with E-state index in [-0.39, 0.29) is 0 Å². The number of anilines is 2. The predicted molar refractivity (Wildman–Crippen MR) is 101 cm³/mol. The third kappa shape index (κ3) is 3.94. The predicted octanol–water partition coefficient (Wildman–Crippen LogP) is 2.50. The number of nitrogens with two attached hydrogens (primary N) is 1. The van der Waals surface area contributed by atoms with Gasteiger partial charge in [-0.1, -0.05) is 30.3 Å². The van der Waals surface area contributed by atoms with Gasteiger partial charge in [0, 0.05) is 26.2 Å². The van der Waals surface area contributed by atoms with Gasteiger partial charge in [-0.2, -0.15) is 0 Å². The van der Waals surface area contributed by atoms with Crippen LogP contribution in [0.5, 0.6) is 0 Å². The molecule has 0 unspecified atom stereocenters. The molecular formula is C20H25N3O2. The summed E-state index contributed by atoms with van der Waals surface area (Å²) >= 11 is 0. The molecule has 2 aromatic rings. The van der Waals surface area contributed by atoms with Crippen molar-refractivity contribution in [2.24, 2.45) is 0 Å². The number of likely N-dealkylation sites (N-methyl/N-ethyl adjacent to an activating group) is 1. The van der Waals surface area contributed by atoms with Crippen LogP contribution in [0.25, 0.3) is 0 Å². The molecule has 5 nitrogen and oxygen atoms in total. The molecule has 0 aromatic heterocycles. The highest BCUT2D eigenvalue weighted by Gasteiger charge is 2.21. The van der Waals surface area contributed by atoms with E-state index in [9.17, 15) is 9.90 Å². The number of aromatic carboxylic acids is 1. The van der Waals surface area contributed by atoms with Gasteiger partial charge in [-0.3, -0.25) is 0 Å². The van der Waals surface area contributed by atoms with E-state index in [1.54, 1.807) is 6.07 Å². The molecule has 1 aliphatic heterocycles. The summed E-state index contributed by atoms with van der Waals surface area (Å²) in [4.78, 5) is 16.2. The molecule has 0 atom stereocenters. The normalized spacial score (nSPS) is 15.3. The molecule has 0 bridgehead atoms. The second-order valence-electron chi connectivity index (χ2n) is 6.61. The quantitative estimate of drug-likeness (QED) is 0.819. The zero-order chi connectivity index (χ0) is 17.8. The Labute approximate surface area is 148 Å². The first kappa shape index (κ1) is 17.3. The van der Waals surface area contributed by atoms with Gasteiger partial charge in [0.2, 0.25) is 0 Å². The highest BCUT2D eigenvalue weighted by atomic mass is 16.4. The summed E-state index contributed by atoms with van der Waals surface area (Å²) in [5.41, 5.74) is 10.2. The van der Waals surface area contributed by atoms with Crippen LogP contribution in [0, 0.1) is 0 Å². The first-order valence-electron chi connectivity index (χ1n) is 8.68. The number of rotatable bonds is 5. The van der Waals surface area contributed by atoms with E-state index in [2.05, 4.69) is 29.0 Å². The van der Waals surface area contributed by atoms with Crippen molar-refractivity contribution < 1.29 is 9.90 Å². The molecule has 1 saturated heterocycles. The molecule has 1 aliphatic rings. The Morgan fingerprint density at radius 2 is 1.72 bits per heavy atom. The Hall–Kier alpha value is -2.53. The topological polar surface area (TPSA) is 69.8 Å². The SMILES string of the molecule is CN1CCN(c2ccc(C(=O)O)c(CCc3ccccc3)c2N)CC1. The standard InChI is InChI=1S/C20H25N3O2/c1-22-11-13-23(14-12-22)18-10-9-17(20(24)25)16(19(18)21)8-7-15-5-3-2-4-6-15/h2-6,9-10H,7-8,11-14,21H2,1H3,(H,24,25). The maximum Gasteiger partial charge on any atom is 0.336 e. The van der Waals surface area contributed by atoms with E-state index >= 15 is 0 Å². The van der Waals surface area contributed by atoms with Crippen molar-refractivity contribution in [3.05, 3.63) is 59.2 Å². The van der Waals surface area contributed by atoms with Crippen LogP contribution in [0.3, 0.4) is 0 Å². The number of hydrogen-bond acceptors (Lipinski definition) is 4. The molecule has 25 heavy (non-hydrogen) atoms. The van der Waals surface area contributed by atoms with Gasteiger partial charge in [0.25, 0.3) is 0 Å². The van der Waals surface area contributed by atoms with Crippen molar-refractivity contribution in [3.8, 4) is 0 Å². The maximum absolute atomic E-state index is 11.6. The van der Waals surface area contributed by atoms with Crippen molar-refractivity contribution in [3.63, 3.8) is 0 Å². The van der Waals surface area contributed by atoms with E-state index < -0.39 is 5.97 Å².